The van der Waals surface area contributed by atoms with Crippen LogP contribution in [0.1, 0.15) is 106 Å². The molecule has 29 heavy (non-hydrogen) atoms. The van der Waals surface area contributed by atoms with Crippen LogP contribution in [0.2, 0.25) is 0 Å². The van der Waals surface area contributed by atoms with Crippen LogP contribution in [0.25, 0.3) is 0 Å². The molecule has 4 fully saturated rings. The van der Waals surface area contributed by atoms with Crippen molar-refractivity contribution in [1.82, 2.24) is 0 Å². The molecule has 2 heteroatoms. The van der Waals surface area contributed by atoms with Crippen LogP contribution >= 0.6 is 0 Å². The smallest absolute Gasteiger partial charge is 0.0648 e. The summed E-state index contributed by atoms with van der Waals surface area (Å²) in [4.78, 5) is 0. The summed E-state index contributed by atoms with van der Waals surface area (Å²) in [6.07, 6.45) is 12.2. The van der Waals surface area contributed by atoms with Gasteiger partial charge in [-0.2, -0.15) is 0 Å². The Morgan fingerprint density at radius 3 is 2.21 bits per heavy atom. The summed E-state index contributed by atoms with van der Waals surface area (Å²) in [5.41, 5.74) is 0.492. The van der Waals surface area contributed by atoms with E-state index in [1.165, 1.54) is 44.9 Å². The standard InChI is InChI=1S/C27H48O2/c1-7-27(29)15-14-25(5)19(16-27)8-9-20-22-11-10-21(18(4)24(28)17(2)3)26(22,6)13-12-23(20)25/h17-24,28-29H,7-16H2,1-6H3/t18-,19-,20-,21+,22-,23-,24+,25-,26+,27-/m0/s1. The molecule has 0 saturated heterocycles. The van der Waals surface area contributed by atoms with Crippen molar-refractivity contribution in [1.29, 1.82) is 0 Å². The number of aliphatic hydroxyl groups excluding tert-OH is 1. The zero-order chi connectivity index (χ0) is 21.2. The first-order chi connectivity index (χ1) is 13.6. The SMILES string of the molecule is CC[C@]1(O)CC[C@@]2(C)[C@@H](CC[C@@H]3[C@@H]2CC[C@]2(C)[C@@H]([C@H](C)[C@H](O)C(C)C)CC[C@@H]32)C1. The van der Waals surface area contributed by atoms with Crippen molar-refractivity contribution in [3.8, 4) is 0 Å². The Bertz CT molecular complexity index is 601. The Morgan fingerprint density at radius 1 is 0.862 bits per heavy atom. The molecule has 0 unspecified atom stereocenters. The predicted molar refractivity (Wildman–Crippen MR) is 120 cm³/mol. The van der Waals surface area contributed by atoms with Gasteiger partial charge in [0, 0.05) is 0 Å². The van der Waals surface area contributed by atoms with Gasteiger partial charge < -0.3 is 10.2 Å². The van der Waals surface area contributed by atoms with Crippen molar-refractivity contribution < 1.29 is 10.2 Å². The second-order valence-electron chi connectivity index (χ2n) is 12.8. The van der Waals surface area contributed by atoms with Crippen LogP contribution in [0.5, 0.6) is 0 Å². The Kier molecular flexibility index (Phi) is 5.73. The van der Waals surface area contributed by atoms with E-state index in [-0.39, 0.29) is 11.7 Å². The highest BCUT2D eigenvalue weighted by Gasteiger charge is 2.61. The van der Waals surface area contributed by atoms with E-state index in [4.69, 9.17) is 0 Å². The van der Waals surface area contributed by atoms with Gasteiger partial charge in [-0.05, 0) is 116 Å². The van der Waals surface area contributed by atoms with Crippen LogP contribution in [-0.2, 0) is 0 Å². The van der Waals surface area contributed by atoms with Gasteiger partial charge in [0.05, 0.1) is 11.7 Å². The molecule has 0 spiro atoms. The van der Waals surface area contributed by atoms with E-state index in [0.717, 1.165) is 42.9 Å². The van der Waals surface area contributed by atoms with Crippen molar-refractivity contribution in [3.05, 3.63) is 0 Å². The Labute approximate surface area is 180 Å². The van der Waals surface area contributed by atoms with Gasteiger partial charge in [0.25, 0.3) is 0 Å². The first kappa shape index (κ1) is 22.1. The summed E-state index contributed by atoms with van der Waals surface area (Å²) in [7, 11) is 0. The van der Waals surface area contributed by atoms with Crippen LogP contribution in [0, 0.1) is 52.3 Å². The summed E-state index contributed by atoms with van der Waals surface area (Å²) in [6, 6.07) is 0. The third kappa shape index (κ3) is 3.34. The number of rotatable bonds is 4. The lowest BCUT2D eigenvalue weighted by Gasteiger charge is -2.62. The molecule has 0 aliphatic heterocycles. The lowest BCUT2D eigenvalue weighted by atomic mass is 9.43. The van der Waals surface area contributed by atoms with Crippen LogP contribution < -0.4 is 0 Å². The topological polar surface area (TPSA) is 40.5 Å². The molecule has 0 aromatic heterocycles. The molecule has 10 atom stereocenters. The van der Waals surface area contributed by atoms with Crippen molar-refractivity contribution in [2.75, 3.05) is 0 Å². The zero-order valence-corrected chi connectivity index (χ0v) is 20.1. The van der Waals surface area contributed by atoms with E-state index >= 15 is 0 Å². The molecule has 4 rings (SSSR count). The number of hydrogen-bond donors (Lipinski definition) is 2. The quantitative estimate of drug-likeness (QED) is 0.566. The van der Waals surface area contributed by atoms with Crippen molar-refractivity contribution >= 4 is 0 Å². The molecule has 0 amide bonds. The average molecular weight is 405 g/mol. The Balaban J connectivity index is 1.54. The molecule has 0 bridgehead atoms. The Morgan fingerprint density at radius 2 is 1.55 bits per heavy atom. The third-order valence-electron chi connectivity index (χ3n) is 11.4. The summed E-state index contributed by atoms with van der Waals surface area (Å²) < 4.78 is 0. The summed E-state index contributed by atoms with van der Waals surface area (Å²) in [5.74, 6) is 4.80. The molecular weight excluding hydrogens is 356 g/mol. The lowest BCUT2D eigenvalue weighted by Crippen LogP contribution is -2.56. The largest absolute Gasteiger partial charge is 0.393 e. The number of fused-ring (bicyclic) bond motifs is 5. The molecule has 4 saturated carbocycles. The molecule has 0 heterocycles. The average Bonchev–Trinajstić information content (AvgIpc) is 3.04. The fourth-order valence-corrected chi connectivity index (χ4v) is 9.39. The highest BCUT2D eigenvalue weighted by atomic mass is 16.3. The fourth-order valence-electron chi connectivity index (χ4n) is 9.39. The van der Waals surface area contributed by atoms with Crippen LogP contribution in [0.3, 0.4) is 0 Å². The van der Waals surface area contributed by atoms with E-state index in [1.54, 1.807) is 0 Å². The molecule has 168 valence electrons. The Hall–Kier alpha value is -0.0800. The zero-order valence-electron chi connectivity index (χ0n) is 20.1. The van der Waals surface area contributed by atoms with Gasteiger partial charge >= 0.3 is 0 Å². The van der Waals surface area contributed by atoms with Gasteiger partial charge in [0.15, 0.2) is 0 Å². The molecule has 4 aliphatic rings. The van der Waals surface area contributed by atoms with E-state index < -0.39 is 0 Å². The maximum atomic E-state index is 11.0. The highest BCUT2D eigenvalue weighted by Crippen LogP contribution is 2.69. The molecule has 0 aromatic carbocycles. The van der Waals surface area contributed by atoms with Crippen LogP contribution in [0.4, 0.5) is 0 Å². The second-order valence-corrected chi connectivity index (χ2v) is 12.8. The van der Waals surface area contributed by atoms with Crippen molar-refractivity contribution in [2.45, 2.75) is 117 Å². The van der Waals surface area contributed by atoms with Gasteiger partial charge in [-0.25, -0.2) is 0 Å². The molecule has 2 nitrogen and oxygen atoms in total. The van der Waals surface area contributed by atoms with Gasteiger partial charge in [-0.15, -0.1) is 0 Å². The molecular formula is C27H48O2. The summed E-state index contributed by atoms with van der Waals surface area (Å²) in [6.45, 7) is 14.1. The summed E-state index contributed by atoms with van der Waals surface area (Å²) >= 11 is 0. The third-order valence-corrected chi connectivity index (χ3v) is 11.4. The first-order valence-electron chi connectivity index (χ1n) is 13.0. The monoisotopic (exact) mass is 404 g/mol. The minimum atomic E-state index is -0.388. The van der Waals surface area contributed by atoms with Gasteiger partial charge in [-0.1, -0.05) is 41.5 Å². The van der Waals surface area contributed by atoms with E-state index in [2.05, 4.69) is 41.5 Å². The van der Waals surface area contributed by atoms with Crippen LogP contribution in [0.15, 0.2) is 0 Å². The second kappa shape index (κ2) is 7.51. The number of hydrogen-bond acceptors (Lipinski definition) is 2. The minimum absolute atomic E-state index is 0.161. The minimum Gasteiger partial charge on any atom is -0.393 e. The van der Waals surface area contributed by atoms with E-state index in [1.807, 2.05) is 0 Å². The van der Waals surface area contributed by atoms with Crippen molar-refractivity contribution in [2.24, 2.45) is 52.3 Å². The molecule has 0 radical (unpaired) electrons. The van der Waals surface area contributed by atoms with Crippen molar-refractivity contribution in [3.63, 3.8) is 0 Å². The molecule has 4 aliphatic carbocycles. The normalized spacial score (nSPS) is 51.8. The fraction of sp³-hybridized carbons (Fsp3) is 1.00. The number of aliphatic hydroxyl groups is 2. The lowest BCUT2D eigenvalue weighted by molar-refractivity contribution is -0.154. The predicted octanol–water partition coefficient (Wildman–Crippen LogP) is 6.44. The highest BCUT2D eigenvalue weighted by molar-refractivity contribution is 5.11. The van der Waals surface area contributed by atoms with E-state index in [9.17, 15) is 10.2 Å². The van der Waals surface area contributed by atoms with Crippen LogP contribution in [-0.4, -0.2) is 21.9 Å². The maximum Gasteiger partial charge on any atom is 0.0648 e. The molecule has 2 N–H and O–H groups in total. The van der Waals surface area contributed by atoms with E-state index in [0.29, 0.717) is 28.6 Å². The van der Waals surface area contributed by atoms with Gasteiger partial charge in [-0.3, -0.25) is 0 Å². The summed E-state index contributed by atoms with van der Waals surface area (Å²) in [5, 5.41) is 21.8. The van der Waals surface area contributed by atoms with Gasteiger partial charge in [0.2, 0.25) is 0 Å². The molecule has 0 aromatic rings. The maximum absolute atomic E-state index is 11.0. The van der Waals surface area contributed by atoms with Gasteiger partial charge in [0.1, 0.15) is 0 Å². The first-order valence-corrected chi connectivity index (χ1v) is 13.0.